The zero-order valence-electron chi connectivity index (χ0n) is 15.6. The largest absolute Gasteiger partial charge is 0.324 e. The highest BCUT2D eigenvalue weighted by Crippen LogP contribution is 2.57. The molecule has 0 aliphatic carbocycles. The molecule has 3 heterocycles. The summed E-state index contributed by atoms with van der Waals surface area (Å²) in [6, 6.07) is 7.86. The lowest BCUT2D eigenvalue weighted by Crippen LogP contribution is -2.74. The van der Waals surface area contributed by atoms with Crippen LogP contribution in [0.5, 0.6) is 0 Å². The van der Waals surface area contributed by atoms with Gasteiger partial charge in [0.25, 0.3) is 5.91 Å². The van der Waals surface area contributed by atoms with Gasteiger partial charge >= 0.3 is 0 Å². The third kappa shape index (κ3) is 1.86. The summed E-state index contributed by atoms with van der Waals surface area (Å²) in [7, 11) is 1.99. The SMILES string of the molecule is CN1CCC2(C(=O)CCCN2C(C)(C)C)C12C(=O)Nc1ccccc12. The van der Waals surface area contributed by atoms with Gasteiger partial charge in [-0.25, -0.2) is 0 Å². The molecule has 2 spiro atoms. The van der Waals surface area contributed by atoms with Crippen LogP contribution in [0.25, 0.3) is 0 Å². The number of ketones is 1. The van der Waals surface area contributed by atoms with Crippen LogP contribution in [0, 0.1) is 0 Å². The van der Waals surface area contributed by atoms with Crippen molar-refractivity contribution >= 4 is 17.4 Å². The lowest BCUT2D eigenvalue weighted by Gasteiger charge is -2.56. The summed E-state index contributed by atoms with van der Waals surface area (Å²) >= 11 is 0. The Kier molecular flexibility index (Phi) is 3.44. The van der Waals surface area contributed by atoms with E-state index in [1.807, 2.05) is 31.3 Å². The minimum atomic E-state index is -0.936. The first kappa shape index (κ1) is 16.7. The maximum atomic E-state index is 13.5. The number of anilines is 1. The molecule has 1 N–H and O–H groups in total. The van der Waals surface area contributed by atoms with Crippen LogP contribution >= 0.6 is 0 Å². The van der Waals surface area contributed by atoms with E-state index in [1.54, 1.807) is 0 Å². The topological polar surface area (TPSA) is 52.7 Å². The highest BCUT2D eigenvalue weighted by Gasteiger charge is 2.73. The number of benzene rings is 1. The number of Topliss-reactive ketones (excluding diaryl/α,β-unsaturated/α-hetero) is 1. The first-order chi connectivity index (χ1) is 11.8. The fourth-order valence-electron chi connectivity index (χ4n) is 5.55. The molecule has 2 unspecified atom stereocenters. The Morgan fingerprint density at radius 1 is 1.12 bits per heavy atom. The van der Waals surface area contributed by atoms with Crippen LogP contribution < -0.4 is 5.32 Å². The number of piperidine rings is 1. The van der Waals surface area contributed by atoms with Crippen LogP contribution in [0.15, 0.2) is 24.3 Å². The molecule has 3 aliphatic heterocycles. The third-order valence-electron chi connectivity index (χ3n) is 6.39. The predicted octanol–water partition coefficient (Wildman–Crippen LogP) is 2.37. The van der Waals surface area contributed by atoms with Gasteiger partial charge in [0.15, 0.2) is 11.3 Å². The van der Waals surface area contributed by atoms with E-state index in [1.165, 1.54) is 0 Å². The maximum absolute atomic E-state index is 13.5. The second-order valence-electron chi connectivity index (χ2n) is 8.59. The smallest absolute Gasteiger partial charge is 0.252 e. The Labute approximate surface area is 149 Å². The summed E-state index contributed by atoms with van der Waals surface area (Å²) < 4.78 is 0. The van der Waals surface area contributed by atoms with Gasteiger partial charge in [-0.15, -0.1) is 0 Å². The number of amides is 1. The van der Waals surface area contributed by atoms with Crippen LogP contribution in [0.4, 0.5) is 5.69 Å². The highest BCUT2D eigenvalue weighted by molar-refractivity contribution is 6.12. The fourth-order valence-corrected chi connectivity index (χ4v) is 5.55. The Morgan fingerprint density at radius 3 is 2.56 bits per heavy atom. The van der Waals surface area contributed by atoms with Crippen molar-refractivity contribution in [3.05, 3.63) is 29.8 Å². The average Bonchev–Trinajstić information content (AvgIpc) is 3.01. The van der Waals surface area contributed by atoms with Crippen LogP contribution in [0.2, 0.25) is 0 Å². The minimum absolute atomic E-state index is 0.0572. The normalized spacial score (nSPS) is 33.3. The molecule has 0 bridgehead atoms. The number of fused-ring (bicyclic) bond motifs is 3. The van der Waals surface area contributed by atoms with Gasteiger partial charge in [0.2, 0.25) is 0 Å². The number of likely N-dealkylation sites (tertiary alicyclic amines) is 2. The molecule has 3 aliphatic rings. The summed E-state index contributed by atoms with van der Waals surface area (Å²) in [5, 5.41) is 3.07. The summed E-state index contributed by atoms with van der Waals surface area (Å²) in [4.78, 5) is 31.3. The van der Waals surface area contributed by atoms with E-state index in [9.17, 15) is 9.59 Å². The molecule has 0 aromatic heterocycles. The molecule has 4 rings (SSSR count). The van der Waals surface area contributed by atoms with E-state index in [0.29, 0.717) is 12.8 Å². The molecule has 25 heavy (non-hydrogen) atoms. The third-order valence-corrected chi connectivity index (χ3v) is 6.39. The van der Waals surface area contributed by atoms with Crippen molar-refractivity contribution < 1.29 is 9.59 Å². The lowest BCUT2D eigenvalue weighted by atomic mass is 9.65. The average molecular weight is 341 g/mol. The lowest BCUT2D eigenvalue weighted by molar-refractivity contribution is -0.158. The number of rotatable bonds is 0. The number of para-hydroxylation sites is 1. The van der Waals surface area contributed by atoms with Crippen LogP contribution in [0.3, 0.4) is 0 Å². The van der Waals surface area contributed by atoms with Gasteiger partial charge in [-0.05, 0) is 46.7 Å². The molecule has 0 radical (unpaired) electrons. The van der Waals surface area contributed by atoms with Gasteiger partial charge in [-0.3, -0.25) is 19.4 Å². The zero-order valence-corrected chi connectivity index (χ0v) is 15.6. The van der Waals surface area contributed by atoms with E-state index < -0.39 is 11.1 Å². The number of hydrogen-bond acceptors (Lipinski definition) is 4. The molecule has 0 saturated carbocycles. The second-order valence-corrected chi connectivity index (χ2v) is 8.59. The Balaban J connectivity index is 2.03. The van der Waals surface area contributed by atoms with E-state index in [4.69, 9.17) is 0 Å². The van der Waals surface area contributed by atoms with E-state index >= 15 is 0 Å². The molecule has 5 nitrogen and oxygen atoms in total. The molecule has 1 amide bonds. The molecule has 134 valence electrons. The van der Waals surface area contributed by atoms with E-state index in [0.717, 1.165) is 30.8 Å². The Hall–Kier alpha value is -1.72. The Bertz CT molecular complexity index is 754. The molecule has 2 saturated heterocycles. The van der Waals surface area contributed by atoms with Gasteiger partial charge in [-0.2, -0.15) is 0 Å². The summed E-state index contributed by atoms with van der Waals surface area (Å²) in [6.45, 7) is 8.04. The van der Waals surface area contributed by atoms with Gasteiger partial charge in [0, 0.05) is 36.3 Å². The molecular weight excluding hydrogens is 314 g/mol. The highest BCUT2D eigenvalue weighted by atomic mass is 16.2. The van der Waals surface area contributed by atoms with E-state index in [-0.39, 0.29) is 17.2 Å². The van der Waals surface area contributed by atoms with Gasteiger partial charge in [-0.1, -0.05) is 18.2 Å². The summed E-state index contributed by atoms with van der Waals surface area (Å²) in [5.41, 5.74) is -0.132. The molecule has 2 fully saturated rings. The van der Waals surface area contributed by atoms with Crippen molar-refractivity contribution in [2.75, 3.05) is 25.5 Å². The summed E-state index contributed by atoms with van der Waals surface area (Å²) in [6.07, 6.45) is 2.11. The van der Waals surface area contributed by atoms with Gasteiger partial charge in [0.05, 0.1) is 0 Å². The number of likely N-dealkylation sites (N-methyl/N-ethyl adjacent to an activating group) is 1. The molecular formula is C20H27N3O2. The number of hydrogen-bond donors (Lipinski definition) is 1. The first-order valence-corrected chi connectivity index (χ1v) is 9.19. The maximum Gasteiger partial charge on any atom is 0.252 e. The number of carbonyl (C=O) groups is 2. The first-order valence-electron chi connectivity index (χ1n) is 9.19. The fraction of sp³-hybridized carbons (Fsp3) is 0.600. The van der Waals surface area contributed by atoms with Gasteiger partial charge < -0.3 is 5.32 Å². The number of nitrogens with one attached hydrogen (secondary N) is 1. The van der Waals surface area contributed by atoms with Crippen molar-refractivity contribution in [3.8, 4) is 0 Å². The standard InChI is InChI=1S/C20H27N3O2/c1-18(2,3)23-12-7-10-16(24)19(23)11-13-22(4)20(19)14-8-5-6-9-15(14)21-17(20)25/h5-6,8-9H,7,10-13H2,1-4H3,(H,21,25). The van der Waals surface area contributed by atoms with Crippen LogP contribution in [-0.4, -0.2) is 52.7 Å². The quantitative estimate of drug-likeness (QED) is 0.787. The predicted molar refractivity (Wildman–Crippen MR) is 97.4 cm³/mol. The van der Waals surface area contributed by atoms with Crippen molar-refractivity contribution in [2.45, 2.75) is 56.7 Å². The molecule has 5 heteroatoms. The summed E-state index contributed by atoms with van der Waals surface area (Å²) in [5.74, 6) is 0.156. The molecule has 1 aromatic carbocycles. The number of nitrogens with zero attached hydrogens (tertiary/aromatic N) is 2. The monoisotopic (exact) mass is 341 g/mol. The van der Waals surface area contributed by atoms with Crippen molar-refractivity contribution in [1.82, 2.24) is 9.80 Å². The van der Waals surface area contributed by atoms with Crippen molar-refractivity contribution in [2.24, 2.45) is 0 Å². The Morgan fingerprint density at radius 2 is 1.84 bits per heavy atom. The van der Waals surface area contributed by atoms with Crippen LogP contribution in [0.1, 0.15) is 45.6 Å². The molecule has 2 atom stereocenters. The van der Waals surface area contributed by atoms with Gasteiger partial charge in [0.1, 0.15) is 5.54 Å². The second kappa shape index (κ2) is 5.15. The molecule has 1 aromatic rings. The number of carbonyl (C=O) groups excluding carboxylic acids is 2. The van der Waals surface area contributed by atoms with E-state index in [2.05, 4.69) is 35.9 Å². The van der Waals surface area contributed by atoms with Crippen molar-refractivity contribution in [3.63, 3.8) is 0 Å². The van der Waals surface area contributed by atoms with Crippen molar-refractivity contribution in [1.29, 1.82) is 0 Å². The zero-order chi connectivity index (χ0) is 18.0. The minimum Gasteiger partial charge on any atom is -0.324 e. The van der Waals surface area contributed by atoms with Crippen LogP contribution in [-0.2, 0) is 15.1 Å².